The lowest BCUT2D eigenvalue weighted by Crippen LogP contribution is -2.01. The van der Waals surface area contributed by atoms with Gasteiger partial charge >= 0.3 is 0 Å². The van der Waals surface area contributed by atoms with Gasteiger partial charge in [0, 0.05) is 22.0 Å². The Morgan fingerprint density at radius 2 is 1.59 bits per heavy atom. The first-order valence-electron chi connectivity index (χ1n) is 9.09. The van der Waals surface area contributed by atoms with E-state index in [4.69, 9.17) is 0 Å². The summed E-state index contributed by atoms with van der Waals surface area (Å²) < 4.78 is 29.6. The van der Waals surface area contributed by atoms with Gasteiger partial charge in [-0.15, -0.1) is 3.77 Å². The summed E-state index contributed by atoms with van der Waals surface area (Å²) in [6, 6.07) is 24.7. The summed E-state index contributed by atoms with van der Waals surface area (Å²) in [4.78, 5) is 5.67. The Labute approximate surface area is 173 Å². The Bertz CT molecular complexity index is 1310. The lowest BCUT2D eigenvalue weighted by molar-refractivity contribution is 0.598. The van der Waals surface area contributed by atoms with Crippen LogP contribution in [0.4, 0.5) is 0 Å². The lowest BCUT2D eigenvalue weighted by Gasteiger charge is -2.09. The van der Waals surface area contributed by atoms with Crippen LogP contribution >= 0.6 is 0 Å². The predicted octanol–water partition coefficient (Wildman–Crippen LogP) is 5.39. The number of hydrogen-bond acceptors (Lipinski definition) is 3. The third kappa shape index (κ3) is 4.13. The number of benzene rings is 3. The summed E-state index contributed by atoms with van der Waals surface area (Å²) in [5, 5.41) is 0.964. The van der Waals surface area contributed by atoms with Gasteiger partial charge in [-0.2, -0.15) is 8.42 Å². The van der Waals surface area contributed by atoms with E-state index < -0.39 is 20.7 Å². The van der Waals surface area contributed by atoms with Gasteiger partial charge in [-0.05, 0) is 43.0 Å². The molecule has 1 atom stereocenters. The van der Waals surface area contributed by atoms with Crippen LogP contribution in [-0.2, 0) is 20.7 Å². The van der Waals surface area contributed by atoms with Gasteiger partial charge < -0.3 is 0 Å². The van der Waals surface area contributed by atoms with Crippen molar-refractivity contribution in [2.75, 3.05) is 6.26 Å². The number of sulfonamides is 1. The minimum Gasteiger partial charge on any atom is -0.254 e. The average Bonchev–Trinajstić information content (AvgIpc) is 2.73. The van der Waals surface area contributed by atoms with E-state index in [-0.39, 0.29) is 4.90 Å². The van der Waals surface area contributed by atoms with E-state index in [1.54, 1.807) is 24.3 Å². The molecule has 0 fully saturated rings. The van der Waals surface area contributed by atoms with E-state index in [0.29, 0.717) is 0 Å². The third-order valence-electron chi connectivity index (χ3n) is 4.63. The molecule has 4 nitrogen and oxygen atoms in total. The molecule has 0 aliphatic carbocycles. The highest BCUT2D eigenvalue weighted by atomic mass is 32.3. The molecule has 6 heteroatoms. The molecule has 0 unspecified atom stereocenters. The molecule has 0 radical (unpaired) electrons. The SMILES string of the molecule is Cc1ccc(S(=O)(=O)/N=[S@](\C)c2cccc3cc(-c4ccccc4)cnc23)cc1. The molecule has 1 heterocycles. The lowest BCUT2D eigenvalue weighted by atomic mass is 10.1. The van der Waals surface area contributed by atoms with Crippen LogP contribution < -0.4 is 0 Å². The molecule has 0 saturated heterocycles. The Hall–Kier alpha value is -2.83. The summed E-state index contributed by atoms with van der Waals surface area (Å²) in [6.45, 7) is 1.92. The maximum Gasteiger partial charge on any atom is 0.288 e. The molecule has 0 N–H and O–H groups in total. The van der Waals surface area contributed by atoms with Gasteiger partial charge in [0.1, 0.15) is 0 Å². The molecule has 0 aliphatic rings. The minimum absolute atomic E-state index is 0.210. The van der Waals surface area contributed by atoms with Gasteiger partial charge in [-0.25, -0.2) is 0 Å². The Morgan fingerprint density at radius 1 is 0.862 bits per heavy atom. The fourth-order valence-corrected chi connectivity index (χ4v) is 6.15. The molecule has 0 spiro atoms. The van der Waals surface area contributed by atoms with Crippen molar-refractivity contribution < 1.29 is 8.42 Å². The van der Waals surface area contributed by atoms with Crippen LogP contribution in [0.1, 0.15) is 5.56 Å². The number of aryl methyl sites for hydroxylation is 1. The smallest absolute Gasteiger partial charge is 0.254 e. The summed E-state index contributed by atoms with van der Waals surface area (Å²) in [7, 11) is -4.59. The topological polar surface area (TPSA) is 59.4 Å². The first kappa shape index (κ1) is 19.5. The zero-order chi connectivity index (χ0) is 20.4. The van der Waals surface area contributed by atoms with E-state index in [0.717, 1.165) is 32.5 Å². The van der Waals surface area contributed by atoms with Crippen molar-refractivity contribution in [3.63, 3.8) is 0 Å². The van der Waals surface area contributed by atoms with Gasteiger partial charge in [0.2, 0.25) is 0 Å². The van der Waals surface area contributed by atoms with Crippen LogP contribution in [0.15, 0.2) is 98.6 Å². The van der Waals surface area contributed by atoms with Crippen LogP contribution in [0.5, 0.6) is 0 Å². The summed E-state index contributed by atoms with van der Waals surface area (Å²) >= 11 is 0. The average molecular weight is 421 g/mol. The largest absolute Gasteiger partial charge is 0.288 e. The van der Waals surface area contributed by atoms with E-state index in [9.17, 15) is 8.42 Å². The molecule has 0 bridgehead atoms. The van der Waals surface area contributed by atoms with Gasteiger partial charge in [0.05, 0.1) is 10.4 Å². The first-order chi connectivity index (χ1) is 13.9. The second kappa shape index (κ2) is 7.89. The fourth-order valence-electron chi connectivity index (χ4n) is 3.10. The van der Waals surface area contributed by atoms with Crippen molar-refractivity contribution in [1.29, 1.82) is 0 Å². The van der Waals surface area contributed by atoms with Crippen LogP contribution in [0, 0.1) is 6.92 Å². The maximum atomic E-state index is 12.7. The Kier molecular flexibility index (Phi) is 5.30. The van der Waals surface area contributed by atoms with E-state index in [1.165, 1.54) is 0 Å². The van der Waals surface area contributed by atoms with E-state index >= 15 is 0 Å². The maximum absolute atomic E-state index is 12.7. The van der Waals surface area contributed by atoms with Gasteiger partial charge in [-0.3, -0.25) is 4.98 Å². The molecule has 146 valence electrons. The zero-order valence-corrected chi connectivity index (χ0v) is 17.7. The molecular weight excluding hydrogens is 400 g/mol. The summed E-state index contributed by atoms with van der Waals surface area (Å²) in [5.41, 5.74) is 3.90. The van der Waals surface area contributed by atoms with Crippen LogP contribution in [0.25, 0.3) is 22.0 Å². The van der Waals surface area contributed by atoms with Crippen LogP contribution in [0.2, 0.25) is 0 Å². The number of nitrogens with zero attached hydrogens (tertiary/aromatic N) is 2. The monoisotopic (exact) mass is 420 g/mol. The molecule has 0 saturated carbocycles. The number of para-hydroxylation sites is 1. The van der Waals surface area contributed by atoms with Crippen molar-refractivity contribution in [1.82, 2.24) is 4.98 Å². The predicted molar refractivity (Wildman–Crippen MR) is 120 cm³/mol. The number of pyridine rings is 1. The van der Waals surface area contributed by atoms with Crippen molar-refractivity contribution >= 4 is 31.6 Å². The van der Waals surface area contributed by atoms with Gasteiger partial charge in [0.15, 0.2) is 0 Å². The molecule has 29 heavy (non-hydrogen) atoms. The number of fused-ring (bicyclic) bond motifs is 1. The molecule has 0 amide bonds. The normalized spacial score (nSPS) is 12.9. The van der Waals surface area contributed by atoms with Crippen molar-refractivity contribution in [2.45, 2.75) is 16.7 Å². The summed E-state index contributed by atoms with van der Waals surface area (Å²) in [5.74, 6) is 0. The molecule has 4 rings (SSSR count). The quantitative estimate of drug-likeness (QED) is 0.445. The highest BCUT2D eigenvalue weighted by molar-refractivity contribution is 8.00. The van der Waals surface area contributed by atoms with Gasteiger partial charge in [-0.1, -0.05) is 70.9 Å². The third-order valence-corrected chi connectivity index (χ3v) is 8.14. The van der Waals surface area contributed by atoms with Crippen LogP contribution in [0.3, 0.4) is 0 Å². The molecule has 0 aliphatic heterocycles. The number of hydrogen-bond donors (Lipinski definition) is 0. The minimum atomic E-state index is -3.73. The zero-order valence-electron chi connectivity index (χ0n) is 16.1. The molecule has 3 aromatic carbocycles. The van der Waals surface area contributed by atoms with Crippen molar-refractivity contribution in [3.05, 3.63) is 90.6 Å². The molecule has 1 aromatic heterocycles. The van der Waals surface area contributed by atoms with E-state index in [1.807, 2.05) is 67.9 Å². The van der Waals surface area contributed by atoms with Gasteiger partial charge in [0.25, 0.3) is 10.0 Å². The highest BCUT2D eigenvalue weighted by Crippen LogP contribution is 2.27. The van der Waals surface area contributed by atoms with E-state index in [2.05, 4.69) is 14.8 Å². The Morgan fingerprint density at radius 3 is 2.31 bits per heavy atom. The second-order valence-electron chi connectivity index (χ2n) is 6.76. The summed E-state index contributed by atoms with van der Waals surface area (Å²) in [6.07, 6.45) is 3.64. The Balaban J connectivity index is 1.77. The molecule has 4 aromatic rings. The van der Waals surface area contributed by atoms with Crippen LogP contribution in [-0.4, -0.2) is 19.7 Å². The number of rotatable bonds is 4. The number of aromatic nitrogens is 1. The highest BCUT2D eigenvalue weighted by Gasteiger charge is 2.15. The first-order valence-corrected chi connectivity index (χ1v) is 12.1. The second-order valence-corrected chi connectivity index (χ2v) is 10.2. The van der Waals surface area contributed by atoms with Crippen molar-refractivity contribution in [3.8, 4) is 11.1 Å². The standard InChI is InChI=1S/C23H20N2O2S2/c1-17-11-13-21(14-12-17)29(26,27)25-28(2)22-10-6-9-19-15-20(16-24-23(19)22)18-7-4-3-5-8-18/h3-16H,1-2H3/t28-/m1/s1. The molecular formula is C23H20N2O2S2. The van der Waals surface area contributed by atoms with Crippen molar-refractivity contribution in [2.24, 2.45) is 3.77 Å². The fraction of sp³-hybridized carbons (Fsp3) is 0.0870.